The second-order valence-electron chi connectivity index (χ2n) is 4.44. The lowest BCUT2D eigenvalue weighted by molar-refractivity contribution is 0.433. The van der Waals surface area contributed by atoms with Crippen LogP contribution in [0.15, 0.2) is 70.5 Å². The number of rotatable bonds is 3. The highest BCUT2D eigenvalue weighted by Crippen LogP contribution is 2.17. The second kappa shape index (κ2) is 5.50. The molecule has 0 aliphatic heterocycles. The zero-order chi connectivity index (χ0) is 14.7. The van der Waals surface area contributed by atoms with Crippen LogP contribution >= 0.6 is 0 Å². The molecule has 3 aromatic rings. The number of hydrogen-bond acceptors (Lipinski definition) is 3. The number of aromatic nitrogens is 2. The molecule has 0 fully saturated rings. The summed E-state index contributed by atoms with van der Waals surface area (Å²) < 4.78 is 1.33. The van der Waals surface area contributed by atoms with Gasteiger partial charge in [-0.2, -0.15) is 0 Å². The van der Waals surface area contributed by atoms with Crippen LogP contribution in [0.5, 0.6) is 5.88 Å². The van der Waals surface area contributed by atoms with Crippen LogP contribution in [-0.4, -0.2) is 21.1 Å². The van der Waals surface area contributed by atoms with Gasteiger partial charge in [-0.1, -0.05) is 36.4 Å². The molecule has 21 heavy (non-hydrogen) atoms. The van der Waals surface area contributed by atoms with Crippen LogP contribution in [-0.2, 0) is 0 Å². The maximum Gasteiger partial charge on any atom is 0.277 e. The van der Waals surface area contributed by atoms with Gasteiger partial charge in [0.05, 0.1) is 11.4 Å². The van der Waals surface area contributed by atoms with E-state index < -0.39 is 5.56 Å². The van der Waals surface area contributed by atoms with E-state index in [-0.39, 0.29) is 11.4 Å². The predicted molar refractivity (Wildman–Crippen MR) is 81.8 cm³/mol. The maximum absolute atomic E-state index is 11.9. The average molecular weight is 279 g/mol. The Morgan fingerprint density at radius 1 is 1.00 bits per heavy atom. The summed E-state index contributed by atoms with van der Waals surface area (Å²) in [4.78, 5) is 16.1. The summed E-state index contributed by atoms with van der Waals surface area (Å²) in [6, 6.07) is 18.3. The number of aromatic amines is 1. The first-order chi connectivity index (χ1) is 10.3. The van der Waals surface area contributed by atoms with Crippen molar-refractivity contribution in [3.05, 3.63) is 76.6 Å². The number of H-pyrrole nitrogens is 1. The van der Waals surface area contributed by atoms with E-state index in [1.165, 1.54) is 10.9 Å². The van der Waals surface area contributed by atoms with Crippen LogP contribution in [0.4, 0.5) is 5.69 Å². The van der Waals surface area contributed by atoms with E-state index in [9.17, 15) is 9.90 Å². The third-order valence-corrected chi connectivity index (χ3v) is 3.02. The van der Waals surface area contributed by atoms with Crippen LogP contribution in [0.1, 0.15) is 5.56 Å². The summed E-state index contributed by atoms with van der Waals surface area (Å²) in [6.45, 7) is 0. The van der Waals surface area contributed by atoms with Crippen molar-refractivity contribution in [2.24, 2.45) is 4.99 Å². The Kier molecular flexibility index (Phi) is 3.39. The summed E-state index contributed by atoms with van der Waals surface area (Å²) in [5, 5.41) is 12.8. The molecule has 5 nitrogen and oxygen atoms in total. The Balaban J connectivity index is 2.00. The van der Waals surface area contributed by atoms with Crippen LogP contribution in [0.3, 0.4) is 0 Å². The first-order valence-corrected chi connectivity index (χ1v) is 6.44. The molecule has 0 atom stereocenters. The van der Waals surface area contributed by atoms with E-state index in [1.54, 1.807) is 12.1 Å². The molecule has 1 heterocycles. The highest BCUT2D eigenvalue weighted by Gasteiger charge is 2.12. The molecule has 5 heteroatoms. The molecule has 0 radical (unpaired) electrons. The Labute approximate surface area is 120 Å². The summed E-state index contributed by atoms with van der Waals surface area (Å²) in [7, 11) is 0. The molecule has 3 rings (SSSR count). The molecule has 0 unspecified atom stereocenters. The minimum absolute atomic E-state index is 0.128. The lowest BCUT2D eigenvalue weighted by Gasteiger charge is -2.02. The fourth-order valence-corrected chi connectivity index (χ4v) is 1.97. The zero-order valence-electron chi connectivity index (χ0n) is 11.1. The maximum atomic E-state index is 11.9. The molecule has 0 aliphatic carbocycles. The van der Waals surface area contributed by atoms with Gasteiger partial charge in [0, 0.05) is 6.21 Å². The van der Waals surface area contributed by atoms with Crippen LogP contribution < -0.4 is 5.56 Å². The van der Waals surface area contributed by atoms with Crippen molar-refractivity contribution in [2.45, 2.75) is 0 Å². The van der Waals surface area contributed by atoms with Gasteiger partial charge in [0.15, 0.2) is 0 Å². The Morgan fingerprint density at radius 3 is 2.29 bits per heavy atom. The fraction of sp³-hybridized carbons (Fsp3) is 0. The summed E-state index contributed by atoms with van der Waals surface area (Å²) >= 11 is 0. The lowest BCUT2D eigenvalue weighted by Crippen LogP contribution is -2.06. The number of aliphatic imine (C=N–C) groups is 1. The Morgan fingerprint density at radius 2 is 1.62 bits per heavy atom. The molecule has 0 saturated carbocycles. The van der Waals surface area contributed by atoms with Crippen molar-refractivity contribution in [3.63, 3.8) is 0 Å². The molecule has 0 aliphatic rings. The zero-order valence-corrected chi connectivity index (χ0v) is 11.1. The summed E-state index contributed by atoms with van der Waals surface area (Å²) in [5.41, 5.74) is 1.12. The molecular formula is C16H13N3O2. The molecular weight excluding hydrogens is 266 g/mol. The molecule has 0 bridgehead atoms. The Hall–Kier alpha value is -3.08. The molecule has 0 amide bonds. The standard InChI is InChI=1S/C16H13N3O2/c20-15-14(11-17-12-7-3-1-4-8-12)16(21)19(18-15)13-9-5-2-6-10-13/h1-11,21H,(H,18,20). The number of para-hydroxylation sites is 2. The topological polar surface area (TPSA) is 70.4 Å². The largest absolute Gasteiger partial charge is 0.493 e. The van der Waals surface area contributed by atoms with Gasteiger partial charge in [0.2, 0.25) is 5.88 Å². The first-order valence-electron chi connectivity index (χ1n) is 6.44. The first kappa shape index (κ1) is 12.9. The van der Waals surface area contributed by atoms with Gasteiger partial charge in [-0.25, -0.2) is 4.68 Å². The molecule has 2 aromatic carbocycles. The van der Waals surface area contributed by atoms with E-state index in [0.29, 0.717) is 11.4 Å². The smallest absolute Gasteiger partial charge is 0.277 e. The van der Waals surface area contributed by atoms with Crippen molar-refractivity contribution in [1.29, 1.82) is 0 Å². The number of nitrogens with one attached hydrogen (secondary N) is 1. The SMILES string of the molecule is O=c1[nH]n(-c2ccccc2)c(O)c1C=Nc1ccccc1. The highest BCUT2D eigenvalue weighted by molar-refractivity contribution is 5.84. The third kappa shape index (κ3) is 2.62. The molecule has 0 saturated heterocycles. The van der Waals surface area contributed by atoms with Crippen LogP contribution in [0, 0.1) is 0 Å². The monoisotopic (exact) mass is 279 g/mol. The van der Waals surface area contributed by atoms with Crippen LogP contribution in [0.25, 0.3) is 5.69 Å². The van der Waals surface area contributed by atoms with Gasteiger partial charge in [-0.05, 0) is 24.3 Å². The molecule has 0 spiro atoms. The van der Waals surface area contributed by atoms with Crippen molar-refractivity contribution < 1.29 is 5.11 Å². The van der Waals surface area contributed by atoms with Gasteiger partial charge in [0.1, 0.15) is 5.56 Å². The lowest BCUT2D eigenvalue weighted by atomic mass is 10.3. The highest BCUT2D eigenvalue weighted by atomic mass is 16.3. The minimum atomic E-state index is -0.393. The van der Waals surface area contributed by atoms with E-state index in [1.807, 2.05) is 48.5 Å². The summed E-state index contributed by atoms with van der Waals surface area (Å²) in [5.74, 6) is -0.161. The normalized spacial score (nSPS) is 11.0. The van der Waals surface area contributed by atoms with Crippen molar-refractivity contribution >= 4 is 11.9 Å². The van der Waals surface area contributed by atoms with Gasteiger partial charge in [0.25, 0.3) is 5.56 Å². The molecule has 2 N–H and O–H groups in total. The van der Waals surface area contributed by atoms with Crippen molar-refractivity contribution in [2.75, 3.05) is 0 Å². The fourth-order valence-electron chi connectivity index (χ4n) is 1.97. The van der Waals surface area contributed by atoms with Crippen molar-refractivity contribution in [3.8, 4) is 11.6 Å². The average Bonchev–Trinajstić information content (AvgIpc) is 2.82. The predicted octanol–water partition coefficient (Wildman–Crippen LogP) is 2.62. The van der Waals surface area contributed by atoms with Crippen LogP contribution in [0.2, 0.25) is 0 Å². The Bertz CT molecular complexity index is 818. The van der Waals surface area contributed by atoms with Crippen molar-refractivity contribution in [1.82, 2.24) is 9.78 Å². The number of hydrogen-bond donors (Lipinski definition) is 2. The number of aromatic hydroxyl groups is 1. The quantitative estimate of drug-likeness (QED) is 0.723. The minimum Gasteiger partial charge on any atom is -0.493 e. The third-order valence-electron chi connectivity index (χ3n) is 3.02. The van der Waals surface area contributed by atoms with E-state index in [4.69, 9.17) is 0 Å². The van der Waals surface area contributed by atoms with Gasteiger partial charge < -0.3 is 5.11 Å². The van der Waals surface area contributed by atoms with Gasteiger partial charge in [-0.15, -0.1) is 0 Å². The number of benzene rings is 2. The molecule has 1 aromatic heterocycles. The summed E-state index contributed by atoms with van der Waals surface area (Å²) in [6.07, 6.45) is 1.36. The number of nitrogens with zero attached hydrogens (tertiary/aromatic N) is 2. The van der Waals surface area contributed by atoms with E-state index >= 15 is 0 Å². The van der Waals surface area contributed by atoms with E-state index in [2.05, 4.69) is 10.1 Å². The van der Waals surface area contributed by atoms with Gasteiger partial charge in [-0.3, -0.25) is 14.9 Å². The second-order valence-corrected chi connectivity index (χ2v) is 4.44. The van der Waals surface area contributed by atoms with Gasteiger partial charge >= 0.3 is 0 Å². The van der Waals surface area contributed by atoms with E-state index in [0.717, 1.165) is 0 Å². The molecule has 104 valence electrons.